The normalized spacial score (nSPS) is 12.1. The maximum atomic E-state index is 10.9. The number of benzene rings is 1. The van der Waals surface area contributed by atoms with Crippen molar-refractivity contribution >= 4 is 35.3 Å². The summed E-state index contributed by atoms with van der Waals surface area (Å²) in [5.41, 5.74) is 13.2. The number of carbonyl (C=O) groups is 1. The Labute approximate surface area is 87.4 Å². The molecule has 0 spiro atoms. The molecule has 14 heavy (non-hydrogen) atoms. The molecule has 73 valence electrons. The minimum Gasteiger partial charge on any atom is -0.399 e. The number of hydrogen-bond donors (Lipinski definition) is 2. The van der Waals surface area contributed by atoms with E-state index in [9.17, 15) is 4.79 Å². The molecular formula is C9H9ClN3O. The molecular weight excluding hydrogens is 202 g/mol. The number of fused-ring (bicyclic) bond motifs is 1. The lowest BCUT2D eigenvalue weighted by Gasteiger charge is -2.01. The first-order valence-corrected chi connectivity index (χ1v) is 3.79. The number of carbonyl (C=O) groups excluding carboxylic acids is 1. The summed E-state index contributed by atoms with van der Waals surface area (Å²) in [7, 11) is 0. The Morgan fingerprint density at radius 1 is 1.36 bits per heavy atom. The van der Waals surface area contributed by atoms with Gasteiger partial charge in [0.05, 0.1) is 11.3 Å². The average molecular weight is 211 g/mol. The molecule has 1 radical (unpaired) electrons. The van der Waals surface area contributed by atoms with E-state index in [4.69, 9.17) is 11.5 Å². The van der Waals surface area contributed by atoms with Crippen molar-refractivity contribution in [3.63, 3.8) is 0 Å². The molecule has 1 aliphatic rings. The lowest BCUT2D eigenvalue weighted by atomic mass is 10.1. The summed E-state index contributed by atoms with van der Waals surface area (Å²) in [4.78, 5) is 10.9. The third-order valence-corrected chi connectivity index (χ3v) is 1.91. The summed E-state index contributed by atoms with van der Waals surface area (Å²) < 4.78 is 0. The van der Waals surface area contributed by atoms with Crippen molar-refractivity contribution in [2.24, 2.45) is 5.73 Å². The third-order valence-electron chi connectivity index (χ3n) is 1.91. The minimum atomic E-state index is -0.479. The highest BCUT2D eigenvalue weighted by atomic mass is 35.5. The Kier molecular flexibility index (Phi) is 2.67. The quantitative estimate of drug-likeness (QED) is 0.671. The fourth-order valence-electron chi connectivity index (χ4n) is 1.28. The molecule has 1 aromatic carbocycles. The Morgan fingerprint density at radius 3 is 2.71 bits per heavy atom. The molecule has 4 nitrogen and oxygen atoms in total. The van der Waals surface area contributed by atoms with Crippen LogP contribution in [0.4, 0.5) is 11.4 Å². The van der Waals surface area contributed by atoms with Crippen molar-refractivity contribution in [1.29, 1.82) is 0 Å². The number of nitrogens with two attached hydrogens (primary N) is 2. The minimum absolute atomic E-state index is 0. The Morgan fingerprint density at radius 2 is 2.07 bits per heavy atom. The highest BCUT2D eigenvalue weighted by molar-refractivity contribution is 6.21. The predicted octanol–water partition coefficient (Wildman–Crippen LogP) is 0.766. The van der Waals surface area contributed by atoms with Gasteiger partial charge >= 0.3 is 0 Å². The van der Waals surface area contributed by atoms with E-state index in [2.05, 4.69) is 5.32 Å². The van der Waals surface area contributed by atoms with Crippen LogP contribution in [0.2, 0.25) is 0 Å². The van der Waals surface area contributed by atoms with E-state index < -0.39 is 5.91 Å². The molecule has 0 saturated carbocycles. The first kappa shape index (κ1) is 10.4. The maximum absolute atomic E-state index is 10.9. The zero-order chi connectivity index (χ0) is 9.42. The number of primary amides is 1. The molecule has 0 fully saturated rings. The van der Waals surface area contributed by atoms with Gasteiger partial charge in [0.25, 0.3) is 5.91 Å². The number of amides is 1. The van der Waals surface area contributed by atoms with E-state index >= 15 is 0 Å². The van der Waals surface area contributed by atoms with Crippen LogP contribution in [0, 0.1) is 0 Å². The van der Waals surface area contributed by atoms with Gasteiger partial charge in [-0.25, -0.2) is 0 Å². The molecule has 0 bridgehead atoms. The third kappa shape index (κ3) is 1.52. The summed E-state index contributed by atoms with van der Waals surface area (Å²) in [5.74, 6) is -0.479. The lowest BCUT2D eigenvalue weighted by molar-refractivity contribution is -0.112. The molecule has 1 heterocycles. The van der Waals surface area contributed by atoms with Gasteiger partial charge in [0.2, 0.25) is 0 Å². The van der Waals surface area contributed by atoms with Gasteiger partial charge < -0.3 is 11.5 Å². The zero-order valence-corrected chi connectivity index (χ0v) is 8.04. The summed E-state index contributed by atoms with van der Waals surface area (Å²) in [5, 5.41) is 4.02. The van der Waals surface area contributed by atoms with Crippen molar-refractivity contribution in [1.82, 2.24) is 5.32 Å². The van der Waals surface area contributed by atoms with E-state index in [0.29, 0.717) is 16.8 Å². The molecule has 5 heteroatoms. The Hall–Kier alpha value is -1.68. The zero-order valence-electron chi connectivity index (χ0n) is 7.23. The van der Waals surface area contributed by atoms with Crippen LogP contribution in [0.5, 0.6) is 0 Å². The number of nitrogen functional groups attached to an aromatic ring is 1. The van der Waals surface area contributed by atoms with E-state index in [1.54, 1.807) is 18.2 Å². The molecule has 1 amide bonds. The van der Waals surface area contributed by atoms with Crippen LogP contribution in [-0.4, -0.2) is 5.91 Å². The van der Waals surface area contributed by atoms with Crippen LogP contribution in [-0.2, 0) is 4.79 Å². The SMILES string of the molecule is Cl.NC(=O)C1=C[N]c2ccc(N)cc21. The van der Waals surface area contributed by atoms with E-state index in [1.165, 1.54) is 6.20 Å². The topological polar surface area (TPSA) is 83.2 Å². The highest BCUT2D eigenvalue weighted by Crippen LogP contribution is 2.31. The number of rotatable bonds is 1. The first-order valence-electron chi connectivity index (χ1n) is 3.79. The predicted molar refractivity (Wildman–Crippen MR) is 57.1 cm³/mol. The van der Waals surface area contributed by atoms with Crippen LogP contribution in [0.15, 0.2) is 24.4 Å². The second kappa shape index (κ2) is 3.59. The summed E-state index contributed by atoms with van der Waals surface area (Å²) in [6, 6.07) is 5.19. The van der Waals surface area contributed by atoms with E-state index in [-0.39, 0.29) is 12.4 Å². The number of hydrogen-bond acceptors (Lipinski definition) is 2. The number of anilines is 1. The van der Waals surface area contributed by atoms with Gasteiger partial charge in [0.1, 0.15) is 0 Å². The summed E-state index contributed by atoms with van der Waals surface area (Å²) >= 11 is 0. The molecule has 1 aliphatic heterocycles. The van der Waals surface area contributed by atoms with Crippen LogP contribution in [0.25, 0.3) is 5.57 Å². The molecule has 0 aromatic heterocycles. The standard InChI is InChI=1S/C9H8N3O.ClH/c10-5-1-2-8-6(3-5)7(4-12-8)9(11)13;/h1-4H,10H2,(H2,11,13);1H. The van der Waals surface area contributed by atoms with Crippen molar-refractivity contribution in [2.75, 3.05) is 5.73 Å². The molecule has 2 rings (SSSR count). The first-order chi connectivity index (χ1) is 6.18. The second-order valence-corrected chi connectivity index (χ2v) is 2.81. The second-order valence-electron chi connectivity index (χ2n) is 2.81. The van der Waals surface area contributed by atoms with Crippen molar-refractivity contribution in [2.45, 2.75) is 0 Å². The molecule has 0 unspecified atom stereocenters. The van der Waals surface area contributed by atoms with Crippen molar-refractivity contribution in [3.8, 4) is 0 Å². The monoisotopic (exact) mass is 210 g/mol. The number of nitrogens with zero attached hydrogens (tertiary/aromatic N) is 1. The van der Waals surface area contributed by atoms with E-state index in [1.807, 2.05) is 0 Å². The fourth-order valence-corrected chi connectivity index (χ4v) is 1.28. The van der Waals surface area contributed by atoms with E-state index in [0.717, 1.165) is 5.69 Å². The lowest BCUT2D eigenvalue weighted by Crippen LogP contribution is -2.11. The van der Waals surface area contributed by atoms with Crippen LogP contribution >= 0.6 is 12.4 Å². The van der Waals surface area contributed by atoms with Crippen molar-refractivity contribution < 1.29 is 4.79 Å². The highest BCUT2D eigenvalue weighted by Gasteiger charge is 2.19. The van der Waals surface area contributed by atoms with Gasteiger partial charge in [0, 0.05) is 17.5 Å². The molecule has 0 atom stereocenters. The largest absolute Gasteiger partial charge is 0.399 e. The van der Waals surface area contributed by atoms with Gasteiger partial charge in [-0.15, -0.1) is 12.4 Å². The van der Waals surface area contributed by atoms with Crippen LogP contribution in [0.1, 0.15) is 5.56 Å². The molecule has 0 aliphatic carbocycles. The maximum Gasteiger partial charge on any atom is 0.250 e. The summed E-state index contributed by atoms with van der Waals surface area (Å²) in [6.07, 6.45) is 1.46. The van der Waals surface area contributed by atoms with Gasteiger partial charge in [-0.2, -0.15) is 0 Å². The average Bonchev–Trinajstić information content (AvgIpc) is 2.46. The van der Waals surface area contributed by atoms with Gasteiger partial charge in [-0.05, 0) is 18.2 Å². The Bertz CT molecular complexity index is 415. The van der Waals surface area contributed by atoms with Crippen molar-refractivity contribution in [3.05, 3.63) is 30.0 Å². The van der Waals surface area contributed by atoms with Gasteiger partial charge in [0.15, 0.2) is 0 Å². The van der Waals surface area contributed by atoms with Gasteiger partial charge in [-0.1, -0.05) is 0 Å². The molecule has 4 N–H and O–H groups in total. The smallest absolute Gasteiger partial charge is 0.250 e. The molecule has 0 saturated heterocycles. The van der Waals surface area contributed by atoms with Crippen LogP contribution < -0.4 is 16.8 Å². The molecule has 1 aromatic rings. The van der Waals surface area contributed by atoms with Gasteiger partial charge in [-0.3, -0.25) is 10.1 Å². The van der Waals surface area contributed by atoms with Crippen LogP contribution in [0.3, 0.4) is 0 Å². The summed E-state index contributed by atoms with van der Waals surface area (Å²) in [6.45, 7) is 0. The number of halogens is 1. The fraction of sp³-hybridized carbons (Fsp3) is 0. The Balaban J connectivity index is 0.000000980.